The van der Waals surface area contributed by atoms with E-state index in [-0.39, 0.29) is 0 Å². The van der Waals surface area contributed by atoms with Gasteiger partial charge in [-0.1, -0.05) is 0 Å². The van der Waals surface area contributed by atoms with E-state index in [1.54, 1.807) is 6.20 Å². The molecule has 4 heteroatoms. The zero-order chi connectivity index (χ0) is 6.81. The number of rotatable bonds is 2. The van der Waals surface area contributed by atoms with E-state index in [9.17, 15) is 0 Å². The Morgan fingerprint density at radius 2 is 2.50 bits per heavy atom. The smallest absolute Gasteiger partial charge is 0.160 e. The lowest BCUT2D eigenvalue weighted by atomic mass is 9.93. The highest BCUT2D eigenvalue weighted by molar-refractivity contribution is 6.99. The minimum absolute atomic E-state index is 0.670. The van der Waals surface area contributed by atoms with Gasteiger partial charge in [0.05, 0.1) is 17.9 Å². The molecule has 2 rings (SSSR count). The van der Waals surface area contributed by atoms with Gasteiger partial charge in [0.1, 0.15) is 0 Å². The summed E-state index contributed by atoms with van der Waals surface area (Å²) in [4.78, 5) is 0. The maximum atomic E-state index is 4.06. The standard InChI is InChI=1S/C6H9N3S/c1-2-5(3-1)8-6-4-7-10-9-6/h4-5H,1-3H2,(H,8,9). The first-order valence-corrected chi connectivity index (χ1v) is 4.22. The van der Waals surface area contributed by atoms with Gasteiger partial charge >= 0.3 is 0 Å². The molecule has 1 aliphatic rings. The molecule has 3 nitrogen and oxygen atoms in total. The molecule has 10 heavy (non-hydrogen) atoms. The van der Waals surface area contributed by atoms with E-state index >= 15 is 0 Å². The van der Waals surface area contributed by atoms with Crippen molar-refractivity contribution >= 4 is 17.5 Å². The summed E-state index contributed by atoms with van der Waals surface area (Å²) in [5.41, 5.74) is 0. The number of nitrogens with one attached hydrogen (secondary N) is 1. The van der Waals surface area contributed by atoms with Crippen LogP contribution in [0.1, 0.15) is 19.3 Å². The minimum atomic E-state index is 0.670. The molecular weight excluding hydrogens is 146 g/mol. The van der Waals surface area contributed by atoms with Gasteiger partial charge in [0.2, 0.25) is 0 Å². The van der Waals surface area contributed by atoms with Gasteiger partial charge in [-0.2, -0.15) is 8.75 Å². The lowest BCUT2D eigenvalue weighted by Crippen LogP contribution is -2.26. The number of aromatic nitrogens is 2. The SMILES string of the molecule is c1nsnc1NC1CCC1. The monoisotopic (exact) mass is 155 g/mol. The van der Waals surface area contributed by atoms with Crippen molar-refractivity contribution in [2.24, 2.45) is 0 Å². The van der Waals surface area contributed by atoms with Gasteiger partial charge in [0, 0.05) is 6.04 Å². The Morgan fingerprint density at radius 1 is 1.60 bits per heavy atom. The second kappa shape index (κ2) is 2.54. The summed E-state index contributed by atoms with van der Waals surface area (Å²) in [7, 11) is 0. The molecule has 0 saturated heterocycles. The molecule has 0 aromatic carbocycles. The van der Waals surface area contributed by atoms with Crippen molar-refractivity contribution in [1.29, 1.82) is 0 Å². The van der Waals surface area contributed by atoms with Crippen LogP contribution in [0.4, 0.5) is 5.82 Å². The third kappa shape index (κ3) is 1.11. The predicted molar refractivity (Wildman–Crippen MR) is 41.2 cm³/mol. The highest BCUT2D eigenvalue weighted by Gasteiger charge is 2.17. The van der Waals surface area contributed by atoms with E-state index in [1.807, 2.05) is 0 Å². The van der Waals surface area contributed by atoms with E-state index in [4.69, 9.17) is 0 Å². The third-order valence-corrected chi connectivity index (χ3v) is 2.30. The fraction of sp³-hybridized carbons (Fsp3) is 0.667. The fourth-order valence-corrected chi connectivity index (χ4v) is 1.37. The average molecular weight is 155 g/mol. The highest BCUT2D eigenvalue weighted by Crippen LogP contribution is 2.21. The van der Waals surface area contributed by atoms with Gasteiger partial charge in [-0.15, -0.1) is 0 Å². The first kappa shape index (κ1) is 6.09. The molecule has 1 saturated carbocycles. The molecule has 0 atom stereocenters. The van der Waals surface area contributed by atoms with Gasteiger partial charge < -0.3 is 5.32 Å². The van der Waals surface area contributed by atoms with Crippen LogP contribution in [0.2, 0.25) is 0 Å². The molecule has 0 aliphatic heterocycles. The molecule has 1 fully saturated rings. The maximum Gasteiger partial charge on any atom is 0.160 e. The van der Waals surface area contributed by atoms with Crippen LogP contribution in [0, 0.1) is 0 Å². The molecule has 54 valence electrons. The Morgan fingerprint density at radius 3 is 3.00 bits per heavy atom. The fourth-order valence-electron chi connectivity index (χ4n) is 0.990. The van der Waals surface area contributed by atoms with Crippen LogP contribution in [0.15, 0.2) is 6.20 Å². The van der Waals surface area contributed by atoms with Crippen molar-refractivity contribution in [2.75, 3.05) is 5.32 Å². The van der Waals surface area contributed by atoms with Gasteiger partial charge in [-0.25, -0.2) is 0 Å². The summed E-state index contributed by atoms with van der Waals surface area (Å²) in [6.45, 7) is 0. The largest absolute Gasteiger partial charge is 0.365 e. The van der Waals surface area contributed by atoms with Crippen molar-refractivity contribution in [1.82, 2.24) is 8.75 Å². The molecule has 0 unspecified atom stereocenters. The van der Waals surface area contributed by atoms with Crippen LogP contribution in [-0.4, -0.2) is 14.8 Å². The first-order chi connectivity index (χ1) is 4.95. The van der Waals surface area contributed by atoms with Crippen LogP contribution < -0.4 is 5.32 Å². The molecular formula is C6H9N3S. The van der Waals surface area contributed by atoms with E-state index in [0.29, 0.717) is 6.04 Å². The van der Waals surface area contributed by atoms with Crippen molar-refractivity contribution in [3.63, 3.8) is 0 Å². The lowest BCUT2D eigenvalue weighted by Gasteiger charge is -2.25. The molecule has 1 N–H and O–H groups in total. The summed E-state index contributed by atoms with van der Waals surface area (Å²) in [6.07, 6.45) is 5.72. The van der Waals surface area contributed by atoms with E-state index in [2.05, 4.69) is 14.1 Å². The normalized spacial score (nSPS) is 18.4. The molecule has 0 radical (unpaired) electrons. The quantitative estimate of drug-likeness (QED) is 0.703. The average Bonchev–Trinajstić information content (AvgIpc) is 2.29. The molecule has 0 spiro atoms. The minimum Gasteiger partial charge on any atom is -0.365 e. The Labute approximate surface area is 63.8 Å². The van der Waals surface area contributed by atoms with Crippen LogP contribution in [0.3, 0.4) is 0 Å². The third-order valence-electron chi connectivity index (χ3n) is 1.82. The first-order valence-electron chi connectivity index (χ1n) is 3.49. The van der Waals surface area contributed by atoms with Crippen LogP contribution in [0.5, 0.6) is 0 Å². The number of anilines is 1. The Hall–Kier alpha value is -0.640. The topological polar surface area (TPSA) is 37.8 Å². The molecule has 0 bridgehead atoms. The summed E-state index contributed by atoms with van der Waals surface area (Å²) >= 11 is 1.25. The van der Waals surface area contributed by atoms with E-state index in [1.165, 1.54) is 31.0 Å². The second-order valence-electron chi connectivity index (χ2n) is 2.56. The summed E-state index contributed by atoms with van der Waals surface area (Å²) in [6, 6.07) is 0.670. The number of hydrogen-bond donors (Lipinski definition) is 1. The van der Waals surface area contributed by atoms with Gasteiger partial charge in [-0.05, 0) is 19.3 Å². The molecule has 1 heterocycles. The molecule has 1 aliphatic carbocycles. The maximum absolute atomic E-state index is 4.06. The van der Waals surface area contributed by atoms with Crippen LogP contribution in [0.25, 0.3) is 0 Å². The van der Waals surface area contributed by atoms with E-state index in [0.717, 1.165) is 5.82 Å². The Balaban J connectivity index is 1.90. The zero-order valence-corrected chi connectivity index (χ0v) is 6.40. The predicted octanol–water partition coefficient (Wildman–Crippen LogP) is 1.50. The van der Waals surface area contributed by atoms with Gasteiger partial charge in [0.15, 0.2) is 5.82 Å². The van der Waals surface area contributed by atoms with Crippen molar-refractivity contribution in [2.45, 2.75) is 25.3 Å². The van der Waals surface area contributed by atoms with Crippen molar-refractivity contribution < 1.29 is 0 Å². The summed E-state index contributed by atoms with van der Waals surface area (Å²) in [5, 5.41) is 3.30. The Bertz CT molecular complexity index is 193. The second-order valence-corrected chi connectivity index (χ2v) is 3.12. The lowest BCUT2D eigenvalue weighted by molar-refractivity contribution is 0.445. The van der Waals surface area contributed by atoms with Crippen LogP contribution >= 0.6 is 11.7 Å². The Kier molecular flexibility index (Phi) is 1.55. The summed E-state index contributed by atoms with van der Waals surface area (Å²) < 4.78 is 7.96. The van der Waals surface area contributed by atoms with Gasteiger partial charge in [0.25, 0.3) is 0 Å². The molecule has 1 aromatic rings. The zero-order valence-electron chi connectivity index (χ0n) is 5.58. The number of nitrogens with zero attached hydrogens (tertiary/aromatic N) is 2. The number of hydrogen-bond acceptors (Lipinski definition) is 4. The highest BCUT2D eigenvalue weighted by atomic mass is 32.1. The van der Waals surface area contributed by atoms with Crippen molar-refractivity contribution in [3.8, 4) is 0 Å². The van der Waals surface area contributed by atoms with Crippen LogP contribution in [-0.2, 0) is 0 Å². The van der Waals surface area contributed by atoms with Gasteiger partial charge in [-0.3, -0.25) is 0 Å². The van der Waals surface area contributed by atoms with E-state index < -0.39 is 0 Å². The summed E-state index contributed by atoms with van der Waals surface area (Å²) in [5.74, 6) is 0.940. The molecule has 1 aromatic heterocycles. The van der Waals surface area contributed by atoms with Crippen molar-refractivity contribution in [3.05, 3.63) is 6.20 Å². The molecule has 0 amide bonds.